The number of guanidine groups is 1. The van der Waals surface area contributed by atoms with Crippen LogP contribution in [0.4, 0.5) is 0 Å². The molecule has 1 aliphatic heterocycles. The molecular weight excluding hydrogens is 288 g/mol. The third-order valence-electron chi connectivity index (χ3n) is 4.37. The maximum atomic E-state index is 5.46. The highest BCUT2D eigenvalue weighted by Gasteiger charge is 2.20. The van der Waals surface area contributed by atoms with Gasteiger partial charge in [0.25, 0.3) is 0 Å². The lowest BCUT2D eigenvalue weighted by molar-refractivity contribution is 0.309. The molecule has 0 amide bonds. The Hall–Kier alpha value is -1.75. The maximum absolute atomic E-state index is 5.46. The number of rotatable bonds is 6. The summed E-state index contributed by atoms with van der Waals surface area (Å²) >= 11 is 0. The molecule has 1 aromatic rings. The summed E-state index contributed by atoms with van der Waals surface area (Å²) in [6.07, 6.45) is 2.55. The molecule has 5 heteroatoms. The number of nitrogens with one attached hydrogen (secondary N) is 2. The number of aryl methyl sites for hydroxylation is 1. The maximum Gasteiger partial charge on any atom is 0.191 e. The van der Waals surface area contributed by atoms with Gasteiger partial charge in [-0.1, -0.05) is 12.1 Å². The Morgan fingerprint density at radius 1 is 1.39 bits per heavy atom. The molecule has 2 N–H and O–H groups in total. The monoisotopic (exact) mass is 318 g/mol. The molecule has 0 aromatic heterocycles. The van der Waals surface area contributed by atoms with Crippen molar-refractivity contribution in [3.8, 4) is 5.75 Å². The molecule has 5 nitrogen and oxygen atoms in total. The molecule has 2 rings (SSSR count). The van der Waals surface area contributed by atoms with Gasteiger partial charge in [-0.15, -0.1) is 0 Å². The van der Waals surface area contributed by atoms with E-state index in [4.69, 9.17) is 9.73 Å². The average Bonchev–Trinajstić information content (AvgIpc) is 2.96. The quantitative estimate of drug-likeness (QED) is 0.623. The Morgan fingerprint density at radius 2 is 2.22 bits per heavy atom. The molecule has 0 radical (unpaired) electrons. The van der Waals surface area contributed by atoms with Crippen LogP contribution in [0.3, 0.4) is 0 Å². The van der Waals surface area contributed by atoms with Crippen LogP contribution in [0.25, 0.3) is 0 Å². The van der Waals surface area contributed by atoms with Gasteiger partial charge in [0.05, 0.1) is 13.7 Å². The predicted molar refractivity (Wildman–Crippen MR) is 96.2 cm³/mol. The fraction of sp³-hybridized carbons (Fsp3) is 0.611. The van der Waals surface area contributed by atoms with Crippen LogP contribution < -0.4 is 15.4 Å². The number of hydrogen-bond donors (Lipinski definition) is 2. The third-order valence-corrected chi connectivity index (χ3v) is 4.37. The fourth-order valence-corrected chi connectivity index (χ4v) is 2.94. The highest BCUT2D eigenvalue weighted by molar-refractivity contribution is 5.79. The summed E-state index contributed by atoms with van der Waals surface area (Å²) in [5.41, 5.74) is 2.30. The van der Waals surface area contributed by atoms with Crippen LogP contribution in [0.5, 0.6) is 5.75 Å². The van der Waals surface area contributed by atoms with Crippen LogP contribution in [0.2, 0.25) is 0 Å². The summed E-state index contributed by atoms with van der Waals surface area (Å²) in [7, 11) is 3.90. The van der Waals surface area contributed by atoms with Gasteiger partial charge in [-0.2, -0.15) is 0 Å². The Kier molecular flexibility index (Phi) is 6.71. The largest absolute Gasteiger partial charge is 0.496 e. The molecule has 1 heterocycles. The van der Waals surface area contributed by atoms with Crippen molar-refractivity contribution >= 4 is 5.96 Å². The summed E-state index contributed by atoms with van der Waals surface area (Å²) in [4.78, 5) is 7.12. The van der Waals surface area contributed by atoms with Gasteiger partial charge in [-0.05, 0) is 51.9 Å². The van der Waals surface area contributed by atoms with Crippen molar-refractivity contribution in [1.29, 1.82) is 0 Å². The van der Waals surface area contributed by atoms with Crippen molar-refractivity contribution in [2.75, 3.05) is 33.8 Å². The molecular formula is C18H30N4O. The van der Waals surface area contributed by atoms with E-state index < -0.39 is 0 Å². The number of hydrogen-bond acceptors (Lipinski definition) is 3. The highest BCUT2D eigenvalue weighted by atomic mass is 16.5. The van der Waals surface area contributed by atoms with Gasteiger partial charge >= 0.3 is 0 Å². The van der Waals surface area contributed by atoms with E-state index in [9.17, 15) is 0 Å². The van der Waals surface area contributed by atoms with Crippen LogP contribution in [0.15, 0.2) is 23.2 Å². The van der Waals surface area contributed by atoms with Crippen LogP contribution in [-0.4, -0.2) is 50.7 Å². The molecule has 1 aliphatic rings. The minimum absolute atomic E-state index is 0.604. The lowest BCUT2D eigenvalue weighted by atomic mass is 10.1. The Bertz CT molecular complexity index is 530. The normalized spacial score (nSPS) is 19.0. The van der Waals surface area contributed by atoms with E-state index in [-0.39, 0.29) is 0 Å². The van der Waals surface area contributed by atoms with Crippen molar-refractivity contribution in [2.45, 2.75) is 39.3 Å². The second-order valence-electron chi connectivity index (χ2n) is 6.17. The highest BCUT2D eigenvalue weighted by Crippen LogP contribution is 2.20. The predicted octanol–water partition coefficient (Wildman–Crippen LogP) is 2.15. The van der Waals surface area contributed by atoms with Gasteiger partial charge in [0.2, 0.25) is 0 Å². The van der Waals surface area contributed by atoms with Crippen molar-refractivity contribution in [1.82, 2.24) is 15.5 Å². The lowest BCUT2D eigenvalue weighted by Gasteiger charge is -2.21. The first-order valence-corrected chi connectivity index (χ1v) is 8.50. The Balaban J connectivity index is 1.98. The molecule has 1 fully saturated rings. The second kappa shape index (κ2) is 8.77. The van der Waals surface area contributed by atoms with E-state index in [1.165, 1.54) is 24.9 Å². The number of aliphatic imine (C=N–C) groups is 1. The van der Waals surface area contributed by atoms with Gasteiger partial charge in [0.1, 0.15) is 5.75 Å². The molecule has 128 valence electrons. The fourth-order valence-electron chi connectivity index (χ4n) is 2.94. The molecule has 0 aliphatic carbocycles. The van der Waals surface area contributed by atoms with E-state index in [1.807, 2.05) is 0 Å². The van der Waals surface area contributed by atoms with E-state index in [0.717, 1.165) is 30.4 Å². The first-order chi connectivity index (χ1) is 11.1. The van der Waals surface area contributed by atoms with Gasteiger partial charge in [0, 0.05) is 24.7 Å². The summed E-state index contributed by atoms with van der Waals surface area (Å²) in [6, 6.07) is 6.85. The number of methoxy groups -OCH3 is 1. The number of ether oxygens (including phenoxy) is 1. The van der Waals surface area contributed by atoms with Crippen LogP contribution >= 0.6 is 0 Å². The molecule has 1 unspecified atom stereocenters. The van der Waals surface area contributed by atoms with E-state index in [2.05, 4.69) is 54.6 Å². The first kappa shape index (κ1) is 17.6. The van der Waals surface area contributed by atoms with E-state index >= 15 is 0 Å². The lowest BCUT2D eigenvalue weighted by Crippen LogP contribution is -2.44. The zero-order chi connectivity index (χ0) is 16.7. The minimum atomic E-state index is 0.604. The van der Waals surface area contributed by atoms with Gasteiger partial charge < -0.3 is 20.3 Å². The van der Waals surface area contributed by atoms with E-state index in [0.29, 0.717) is 12.6 Å². The summed E-state index contributed by atoms with van der Waals surface area (Å²) < 4.78 is 5.46. The van der Waals surface area contributed by atoms with Crippen molar-refractivity contribution in [3.05, 3.63) is 29.3 Å². The SMILES string of the molecule is CCNC(=NCc1ccc(C)cc1OC)NCC1CCCN1C. The van der Waals surface area contributed by atoms with Gasteiger partial charge in [-0.3, -0.25) is 0 Å². The van der Waals surface area contributed by atoms with Crippen LogP contribution in [0, 0.1) is 6.92 Å². The Morgan fingerprint density at radius 3 is 2.87 bits per heavy atom. The van der Waals surface area contributed by atoms with E-state index in [1.54, 1.807) is 7.11 Å². The number of likely N-dealkylation sites (tertiary alicyclic amines) is 1. The zero-order valence-electron chi connectivity index (χ0n) is 14.9. The average molecular weight is 318 g/mol. The van der Waals surface area contributed by atoms with Crippen LogP contribution in [0.1, 0.15) is 30.9 Å². The molecule has 0 spiro atoms. The smallest absolute Gasteiger partial charge is 0.191 e. The number of likely N-dealkylation sites (N-methyl/N-ethyl adjacent to an activating group) is 1. The summed E-state index contributed by atoms with van der Waals surface area (Å²) in [5.74, 6) is 1.77. The van der Waals surface area contributed by atoms with Gasteiger partial charge in [-0.25, -0.2) is 4.99 Å². The molecule has 1 atom stereocenters. The van der Waals surface area contributed by atoms with Gasteiger partial charge in [0.15, 0.2) is 5.96 Å². The van der Waals surface area contributed by atoms with Crippen LogP contribution in [-0.2, 0) is 6.54 Å². The number of nitrogens with zero attached hydrogens (tertiary/aromatic N) is 2. The summed E-state index contributed by atoms with van der Waals surface area (Å²) in [5, 5.41) is 6.79. The van der Waals surface area contributed by atoms with Crippen molar-refractivity contribution in [3.63, 3.8) is 0 Å². The third kappa shape index (κ3) is 5.13. The van der Waals surface area contributed by atoms with Crippen molar-refractivity contribution in [2.24, 2.45) is 4.99 Å². The standard InChI is InChI=1S/C18H30N4O/c1-5-19-18(21-13-16-7-6-10-22(16)3)20-12-15-9-8-14(2)11-17(15)23-4/h8-9,11,16H,5-7,10,12-13H2,1-4H3,(H2,19,20,21). The molecule has 1 saturated heterocycles. The first-order valence-electron chi connectivity index (χ1n) is 8.50. The molecule has 0 saturated carbocycles. The van der Waals surface area contributed by atoms with Crippen molar-refractivity contribution < 1.29 is 4.74 Å². The summed E-state index contributed by atoms with van der Waals surface area (Å²) in [6.45, 7) is 7.76. The zero-order valence-corrected chi connectivity index (χ0v) is 14.9. The molecule has 23 heavy (non-hydrogen) atoms. The Labute approximate surface area is 140 Å². The second-order valence-corrected chi connectivity index (χ2v) is 6.17. The number of benzene rings is 1. The molecule has 1 aromatic carbocycles. The topological polar surface area (TPSA) is 48.9 Å². The minimum Gasteiger partial charge on any atom is -0.496 e. The molecule has 0 bridgehead atoms.